The number of para-hydroxylation sites is 1. The van der Waals surface area contributed by atoms with Gasteiger partial charge in [0.25, 0.3) is 0 Å². The highest BCUT2D eigenvalue weighted by atomic mass is 35.5. The molecule has 0 unspecified atom stereocenters. The number of halogens is 1. The van der Waals surface area contributed by atoms with Gasteiger partial charge in [0.1, 0.15) is 23.5 Å². The van der Waals surface area contributed by atoms with Crippen LogP contribution in [0.5, 0.6) is 5.75 Å². The number of nitrogens with zero attached hydrogens (tertiary/aromatic N) is 2. The molecule has 1 amide bonds. The minimum atomic E-state index is -0.901. The van der Waals surface area contributed by atoms with Gasteiger partial charge in [-0.3, -0.25) is 9.80 Å². The lowest BCUT2D eigenvalue weighted by Crippen LogP contribution is -2.56. The molecule has 6 heteroatoms. The van der Waals surface area contributed by atoms with E-state index >= 15 is 0 Å². The van der Waals surface area contributed by atoms with Crippen LogP contribution < -0.4 is 9.75 Å². The summed E-state index contributed by atoms with van der Waals surface area (Å²) < 4.78 is 5.99. The average molecular weight is 373 g/mol. The molecule has 0 spiro atoms. The van der Waals surface area contributed by atoms with Crippen LogP contribution in [0, 0.1) is 0 Å². The Bertz CT molecular complexity index is 840. The smallest absolute Gasteiger partial charge is 0.243 e. The van der Waals surface area contributed by atoms with Crippen molar-refractivity contribution in [3.63, 3.8) is 0 Å². The van der Waals surface area contributed by atoms with Crippen LogP contribution in [0.3, 0.4) is 0 Å². The number of benzene rings is 2. The minimum Gasteiger partial charge on any atom is -0.485 e. The second kappa shape index (κ2) is 6.18. The van der Waals surface area contributed by atoms with E-state index < -0.39 is 17.7 Å². The molecule has 0 aromatic heterocycles. The monoisotopic (exact) mass is 372 g/mol. The first-order valence-corrected chi connectivity index (χ1v) is 9.07. The van der Waals surface area contributed by atoms with Crippen molar-refractivity contribution in [1.82, 2.24) is 5.01 Å². The Hall–Kier alpha value is -2.24. The van der Waals surface area contributed by atoms with E-state index in [-0.39, 0.29) is 5.91 Å². The molecule has 0 aliphatic carbocycles. The maximum absolute atomic E-state index is 12.8. The third-order valence-electron chi connectivity index (χ3n) is 5.05. The van der Waals surface area contributed by atoms with Gasteiger partial charge in [-0.2, -0.15) is 0 Å². The Balaban J connectivity index is 1.84. The molecule has 5 nitrogen and oxygen atoms in total. The van der Waals surface area contributed by atoms with Crippen molar-refractivity contribution in [2.75, 3.05) is 11.6 Å². The summed E-state index contributed by atoms with van der Waals surface area (Å²) in [5, 5.41) is 15.2. The first-order valence-electron chi connectivity index (χ1n) is 8.69. The lowest BCUT2D eigenvalue weighted by Gasteiger charge is -2.47. The minimum absolute atomic E-state index is 0.0264. The van der Waals surface area contributed by atoms with E-state index in [9.17, 15) is 9.90 Å². The highest BCUT2D eigenvalue weighted by Gasteiger charge is 2.49. The molecular formula is C20H21ClN2O3. The Morgan fingerprint density at radius 1 is 1.19 bits per heavy atom. The summed E-state index contributed by atoms with van der Waals surface area (Å²) in [6.07, 6.45) is -0.503. The number of carbonyl (C=O) groups excluding carboxylic acids is 1. The zero-order chi connectivity index (χ0) is 18.5. The van der Waals surface area contributed by atoms with Gasteiger partial charge in [0.15, 0.2) is 0 Å². The number of anilines is 1. The quantitative estimate of drug-likeness (QED) is 0.875. The predicted octanol–water partition coefficient (Wildman–Crippen LogP) is 3.57. The van der Waals surface area contributed by atoms with Gasteiger partial charge in [-0.15, -0.1) is 0 Å². The fraction of sp³-hybridized carbons (Fsp3) is 0.350. The molecule has 0 bridgehead atoms. The topological polar surface area (TPSA) is 53.0 Å². The van der Waals surface area contributed by atoms with E-state index in [1.54, 1.807) is 23.2 Å². The first kappa shape index (κ1) is 17.2. The summed E-state index contributed by atoms with van der Waals surface area (Å²) >= 11 is 6.20. The van der Waals surface area contributed by atoms with E-state index in [0.29, 0.717) is 23.7 Å². The average Bonchev–Trinajstić information content (AvgIpc) is 2.99. The Morgan fingerprint density at radius 3 is 2.65 bits per heavy atom. The van der Waals surface area contributed by atoms with Gasteiger partial charge in [0, 0.05) is 23.6 Å². The molecule has 26 heavy (non-hydrogen) atoms. The van der Waals surface area contributed by atoms with Gasteiger partial charge in [-0.05, 0) is 44.2 Å². The molecule has 0 saturated carbocycles. The van der Waals surface area contributed by atoms with Crippen molar-refractivity contribution >= 4 is 23.2 Å². The number of hydrazine groups is 1. The number of aliphatic hydroxyl groups excluding tert-OH is 1. The Morgan fingerprint density at radius 2 is 1.92 bits per heavy atom. The van der Waals surface area contributed by atoms with Crippen LogP contribution in [0.4, 0.5) is 5.69 Å². The van der Waals surface area contributed by atoms with Crippen molar-refractivity contribution < 1.29 is 14.6 Å². The Labute approximate surface area is 157 Å². The van der Waals surface area contributed by atoms with Crippen LogP contribution in [0.2, 0.25) is 5.02 Å². The maximum Gasteiger partial charge on any atom is 0.243 e. The van der Waals surface area contributed by atoms with E-state index in [2.05, 4.69) is 0 Å². The van der Waals surface area contributed by atoms with Crippen molar-refractivity contribution in [2.24, 2.45) is 0 Å². The van der Waals surface area contributed by atoms with Crippen molar-refractivity contribution in [3.8, 4) is 5.75 Å². The highest BCUT2D eigenvalue weighted by molar-refractivity contribution is 6.30. The Kier molecular flexibility index (Phi) is 4.09. The molecular weight excluding hydrogens is 352 g/mol. The molecule has 136 valence electrons. The van der Waals surface area contributed by atoms with Crippen molar-refractivity contribution in [3.05, 3.63) is 59.1 Å². The van der Waals surface area contributed by atoms with E-state index in [4.69, 9.17) is 16.3 Å². The highest BCUT2D eigenvalue weighted by Crippen LogP contribution is 2.46. The third kappa shape index (κ3) is 2.72. The van der Waals surface area contributed by atoms with Gasteiger partial charge in [-0.25, -0.2) is 5.01 Å². The molecule has 1 N–H and O–H groups in total. The zero-order valence-electron chi connectivity index (χ0n) is 14.7. The molecule has 1 saturated heterocycles. The van der Waals surface area contributed by atoms with Gasteiger partial charge < -0.3 is 9.84 Å². The van der Waals surface area contributed by atoms with Crippen molar-refractivity contribution in [2.45, 2.75) is 38.0 Å². The number of amides is 1. The number of ether oxygens (including phenoxy) is 1. The number of hydrogen-bond donors (Lipinski definition) is 1. The number of rotatable bonds is 2. The maximum atomic E-state index is 12.8. The predicted molar refractivity (Wildman–Crippen MR) is 100 cm³/mol. The molecule has 2 atom stereocenters. The molecule has 0 radical (unpaired) electrons. The largest absolute Gasteiger partial charge is 0.485 e. The summed E-state index contributed by atoms with van der Waals surface area (Å²) in [5.74, 6) is 0.615. The fourth-order valence-electron chi connectivity index (χ4n) is 3.72. The summed E-state index contributed by atoms with van der Waals surface area (Å²) in [6.45, 7) is 4.23. The molecule has 2 aromatic carbocycles. The lowest BCUT2D eigenvalue weighted by atomic mass is 9.86. The van der Waals surface area contributed by atoms with Gasteiger partial charge in [0.2, 0.25) is 5.91 Å². The van der Waals surface area contributed by atoms with Crippen LogP contribution >= 0.6 is 11.6 Å². The number of hydrogen-bond acceptors (Lipinski definition) is 4. The van der Waals surface area contributed by atoms with Crippen LogP contribution in [0.1, 0.15) is 31.9 Å². The molecule has 2 aromatic rings. The first-order chi connectivity index (χ1) is 12.4. The number of fused-ring (bicyclic) bond motifs is 1. The third-order valence-corrected chi connectivity index (χ3v) is 5.28. The van der Waals surface area contributed by atoms with Crippen LogP contribution in [0.25, 0.3) is 0 Å². The SMILES string of the molecule is CC1(C)Oc2ccc(Cl)cc2[C@@H](N2C(=O)CCN2c2ccccc2)[C@@H]1O. The van der Waals surface area contributed by atoms with Gasteiger partial charge >= 0.3 is 0 Å². The molecule has 1 fully saturated rings. The second-order valence-corrected chi connectivity index (χ2v) is 7.66. The van der Waals surface area contributed by atoms with E-state index in [1.807, 2.05) is 49.2 Å². The molecule has 2 heterocycles. The number of carbonyl (C=O) groups is 1. The van der Waals surface area contributed by atoms with Crippen molar-refractivity contribution in [1.29, 1.82) is 0 Å². The zero-order valence-corrected chi connectivity index (χ0v) is 15.5. The van der Waals surface area contributed by atoms with E-state index in [1.165, 1.54) is 0 Å². The summed E-state index contributed by atoms with van der Waals surface area (Å²) in [6, 6.07) is 14.5. The van der Waals surface area contributed by atoms with Crippen LogP contribution in [-0.4, -0.2) is 34.3 Å². The molecule has 4 rings (SSSR count). The summed E-state index contributed by atoms with van der Waals surface area (Å²) in [5.41, 5.74) is 0.801. The summed E-state index contributed by atoms with van der Waals surface area (Å²) in [7, 11) is 0. The molecule has 2 aliphatic rings. The fourth-order valence-corrected chi connectivity index (χ4v) is 3.90. The van der Waals surface area contributed by atoms with E-state index in [0.717, 1.165) is 11.3 Å². The van der Waals surface area contributed by atoms with Crippen LogP contribution in [-0.2, 0) is 4.79 Å². The lowest BCUT2D eigenvalue weighted by molar-refractivity contribution is -0.140. The van der Waals surface area contributed by atoms with Gasteiger partial charge in [-0.1, -0.05) is 29.8 Å². The van der Waals surface area contributed by atoms with Crippen LogP contribution in [0.15, 0.2) is 48.5 Å². The standard InChI is InChI=1S/C20H21ClN2O3/c1-20(2)19(25)18(15-12-13(21)8-9-16(15)26-20)23-17(24)10-11-22(23)14-6-4-3-5-7-14/h3-9,12,18-19,25H,10-11H2,1-2H3/t18-,19+/m1/s1. The second-order valence-electron chi connectivity index (χ2n) is 7.22. The normalized spacial score (nSPS) is 24.4. The summed E-state index contributed by atoms with van der Waals surface area (Å²) in [4.78, 5) is 12.8. The van der Waals surface area contributed by atoms with Gasteiger partial charge in [0.05, 0.1) is 5.69 Å². The number of aliphatic hydroxyl groups is 1. The molecule has 2 aliphatic heterocycles.